The Morgan fingerprint density at radius 1 is 1.25 bits per heavy atom. The topological polar surface area (TPSA) is 35.2 Å². The van der Waals surface area contributed by atoms with E-state index in [4.69, 9.17) is 10.5 Å². The van der Waals surface area contributed by atoms with Crippen molar-refractivity contribution in [2.24, 2.45) is 5.73 Å². The first-order valence-electron chi connectivity index (χ1n) is 5.73. The molecule has 1 aromatic carbocycles. The van der Waals surface area contributed by atoms with Gasteiger partial charge in [-0.2, -0.15) is 11.8 Å². The molecule has 0 aliphatic carbocycles. The molecule has 1 saturated heterocycles. The van der Waals surface area contributed by atoms with E-state index in [2.05, 4.69) is 12.1 Å². The summed E-state index contributed by atoms with van der Waals surface area (Å²) in [4.78, 5) is 0. The van der Waals surface area contributed by atoms with Crippen molar-refractivity contribution in [3.8, 4) is 5.75 Å². The molecule has 1 aromatic rings. The highest BCUT2D eigenvalue weighted by Crippen LogP contribution is 2.37. The van der Waals surface area contributed by atoms with Crippen molar-refractivity contribution in [3.05, 3.63) is 29.8 Å². The minimum Gasteiger partial charge on any atom is -0.497 e. The number of benzene rings is 1. The van der Waals surface area contributed by atoms with Crippen LogP contribution in [0.15, 0.2) is 24.3 Å². The van der Waals surface area contributed by atoms with Crippen molar-refractivity contribution < 1.29 is 4.74 Å². The van der Waals surface area contributed by atoms with Crippen molar-refractivity contribution in [1.82, 2.24) is 0 Å². The molecule has 0 atom stereocenters. The van der Waals surface area contributed by atoms with Crippen LogP contribution in [0.25, 0.3) is 0 Å². The average molecular weight is 237 g/mol. The van der Waals surface area contributed by atoms with Gasteiger partial charge in [-0.3, -0.25) is 0 Å². The molecule has 2 nitrogen and oxygen atoms in total. The number of thioether (sulfide) groups is 1. The first kappa shape index (κ1) is 11.8. The third-order valence-electron chi connectivity index (χ3n) is 3.54. The summed E-state index contributed by atoms with van der Waals surface area (Å²) >= 11 is 2.03. The quantitative estimate of drug-likeness (QED) is 0.877. The molecule has 2 N–H and O–H groups in total. The summed E-state index contributed by atoms with van der Waals surface area (Å²) in [6.07, 6.45) is 2.39. The fraction of sp³-hybridized carbons (Fsp3) is 0.538. The maximum absolute atomic E-state index is 6.00. The van der Waals surface area contributed by atoms with E-state index in [9.17, 15) is 0 Å². The van der Waals surface area contributed by atoms with Gasteiger partial charge < -0.3 is 10.5 Å². The Balaban J connectivity index is 2.24. The molecule has 0 bridgehead atoms. The molecule has 0 aromatic heterocycles. The van der Waals surface area contributed by atoms with Gasteiger partial charge in [0.15, 0.2) is 0 Å². The van der Waals surface area contributed by atoms with Gasteiger partial charge >= 0.3 is 0 Å². The lowest BCUT2D eigenvalue weighted by molar-refractivity contribution is 0.399. The number of hydrogen-bond donors (Lipinski definition) is 1. The van der Waals surface area contributed by atoms with E-state index in [0.717, 1.165) is 12.3 Å². The predicted octanol–water partition coefficient (Wildman–Crippen LogP) is 2.42. The molecule has 0 spiro atoms. The highest BCUT2D eigenvalue weighted by atomic mass is 32.2. The Kier molecular flexibility index (Phi) is 3.77. The molecule has 3 heteroatoms. The highest BCUT2D eigenvalue weighted by molar-refractivity contribution is 7.99. The van der Waals surface area contributed by atoms with Gasteiger partial charge in [0.2, 0.25) is 0 Å². The third-order valence-corrected chi connectivity index (χ3v) is 4.53. The molecule has 88 valence electrons. The lowest BCUT2D eigenvalue weighted by Gasteiger charge is -2.36. The normalized spacial score (nSPS) is 19.4. The number of nitrogens with two attached hydrogens (primary N) is 1. The smallest absolute Gasteiger partial charge is 0.118 e. The van der Waals surface area contributed by atoms with E-state index in [1.54, 1.807) is 7.11 Å². The van der Waals surface area contributed by atoms with Gasteiger partial charge in [0.1, 0.15) is 5.75 Å². The summed E-state index contributed by atoms with van der Waals surface area (Å²) in [5.74, 6) is 3.37. The first-order valence-corrected chi connectivity index (χ1v) is 6.88. The third kappa shape index (κ3) is 2.20. The summed E-state index contributed by atoms with van der Waals surface area (Å²) in [7, 11) is 1.70. The monoisotopic (exact) mass is 237 g/mol. The van der Waals surface area contributed by atoms with Gasteiger partial charge in [-0.05, 0) is 42.0 Å². The molecule has 1 heterocycles. The molecule has 2 rings (SSSR count). The molecule has 0 radical (unpaired) electrons. The standard InChI is InChI=1S/C13H19NOS/c1-15-12-4-2-11(3-5-12)13(10-14)6-8-16-9-7-13/h2-5H,6-10,14H2,1H3. The Morgan fingerprint density at radius 3 is 2.38 bits per heavy atom. The highest BCUT2D eigenvalue weighted by Gasteiger charge is 2.32. The zero-order valence-corrected chi connectivity index (χ0v) is 10.6. The fourth-order valence-corrected chi connectivity index (χ4v) is 3.59. The molecule has 0 unspecified atom stereocenters. The van der Waals surface area contributed by atoms with Crippen LogP contribution in [0.5, 0.6) is 5.75 Å². The van der Waals surface area contributed by atoms with Crippen molar-refractivity contribution in [2.45, 2.75) is 18.3 Å². The zero-order valence-electron chi connectivity index (χ0n) is 9.74. The first-order chi connectivity index (χ1) is 7.80. The van der Waals surface area contributed by atoms with Crippen molar-refractivity contribution in [2.75, 3.05) is 25.2 Å². The van der Waals surface area contributed by atoms with Crippen LogP contribution >= 0.6 is 11.8 Å². The maximum atomic E-state index is 6.00. The fourth-order valence-electron chi connectivity index (χ4n) is 2.32. The van der Waals surface area contributed by atoms with Gasteiger partial charge in [0.25, 0.3) is 0 Å². The van der Waals surface area contributed by atoms with Crippen molar-refractivity contribution >= 4 is 11.8 Å². The van der Waals surface area contributed by atoms with Gasteiger partial charge in [0.05, 0.1) is 7.11 Å². The van der Waals surface area contributed by atoms with Gasteiger partial charge in [-0.1, -0.05) is 12.1 Å². The lowest BCUT2D eigenvalue weighted by atomic mass is 9.75. The predicted molar refractivity (Wildman–Crippen MR) is 70.3 cm³/mol. The summed E-state index contributed by atoms with van der Waals surface area (Å²) in [5.41, 5.74) is 7.58. The van der Waals surface area contributed by atoms with Crippen LogP contribution in [-0.2, 0) is 5.41 Å². The minimum atomic E-state index is 0.206. The number of ether oxygens (including phenoxy) is 1. The van der Waals surface area contributed by atoms with E-state index < -0.39 is 0 Å². The summed E-state index contributed by atoms with van der Waals surface area (Å²) in [6.45, 7) is 0.750. The zero-order chi connectivity index (χ0) is 11.4. The van der Waals surface area contributed by atoms with Crippen molar-refractivity contribution in [1.29, 1.82) is 0 Å². The van der Waals surface area contributed by atoms with Crippen molar-refractivity contribution in [3.63, 3.8) is 0 Å². The molecule has 0 amide bonds. The van der Waals surface area contributed by atoms with E-state index >= 15 is 0 Å². The largest absolute Gasteiger partial charge is 0.497 e. The minimum absolute atomic E-state index is 0.206. The number of methoxy groups -OCH3 is 1. The second-order valence-corrected chi connectivity index (χ2v) is 5.55. The van der Waals surface area contributed by atoms with E-state index in [1.807, 2.05) is 23.9 Å². The Labute approximate surface area is 102 Å². The molecule has 1 aliphatic heterocycles. The molecule has 16 heavy (non-hydrogen) atoms. The number of hydrogen-bond acceptors (Lipinski definition) is 3. The van der Waals surface area contributed by atoms with Gasteiger partial charge in [0, 0.05) is 12.0 Å². The number of rotatable bonds is 3. The summed E-state index contributed by atoms with van der Waals surface area (Å²) < 4.78 is 5.19. The van der Waals surface area contributed by atoms with E-state index in [-0.39, 0.29) is 5.41 Å². The lowest BCUT2D eigenvalue weighted by Crippen LogP contribution is -2.38. The van der Waals surface area contributed by atoms with Crippen LogP contribution in [0.4, 0.5) is 0 Å². The van der Waals surface area contributed by atoms with Gasteiger partial charge in [-0.25, -0.2) is 0 Å². The molecule has 1 aliphatic rings. The van der Waals surface area contributed by atoms with E-state index in [0.29, 0.717) is 0 Å². The molecule has 0 saturated carbocycles. The van der Waals surface area contributed by atoms with Crippen LogP contribution in [0.1, 0.15) is 18.4 Å². The Bertz CT molecular complexity index is 330. The van der Waals surface area contributed by atoms with E-state index in [1.165, 1.54) is 29.9 Å². The average Bonchev–Trinajstić information content (AvgIpc) is 2.39. The summed E-state index contributed by atoms with van der Waals surface area (Å²) in [5, 5.41) is 0. The summed E-state index contributed by atoms with van der Waals surface area (Å²) in [6, 6.07) is 8.41. The van der Waals surface area contributed by atoms with Crippen LogP contribution < -0.4 is 10.5 Å². The van der Waals surface area contributed by atoms with Crippen LogP contribution in [-0.4, -0.2) is 25.2 Å². The second-order valence-electron chi connectivity index (χ2n) is 4.33. The maximum Gasteiger partial charge on any atom is 0.118 e. The second kappa shape index (κ2) is 5.11. The Morgan fingerprint density at radius 2 is 1.88 bits per heavy atom. The van der Waals surface area contributed by atoms with Gasteiger partial charge in [-0.15, -0.1) is 0 Å². The molecular formula is C13H19NOS. The molecular weight excluding hydrogens is 218 g/mol. The Hall–Kier alpha value is -0.670. The van der Waals surface area contributed by atoms with Crippen LogP contribution in [0.3, 0.4) is 0 Å². The molecule has 1 fully saturated rings. The SMILES string of the molecule is COc1ccc(C2(CN)CCSCC2)cc1. The van der Waals surface area contributed by atoms with Crippen LogP contribution in [0, 0.1) is 0 Å². The van der Waals surface area contributed by atoms with Crippen LogP contribution in [0.2, 0.25) is 0 Å².